The molecule has 4 heteroatoms. The van der Waals surface area contributed by atoms with E-state index in [9.17, 15) is 0 Å². The minimum Gasteiger partial charge on any atom is -0.493 e. The Kier molecular flexibility index (Phi) is 4.09. The van der Waals surface area contributed by atoms with Crippen molar-refractivity contribution >= 4 is 5.69 Å². The number of hydrogen-bond acceptors (Lipinski definition) is 4. The lowest BCUT2D eigenvalue weighted by Crippen LogP contribution is -2.57. The zero-order valence-corrected chi connectivity index (χ0v) is 17.3. The molecule has 0 aliphatic carbocycles. The van der Waals surface area contributed by atoms with Crippen molar-refractivity contribution in [1.29, 1.82) is 0 Å². The van der Waals surface area contributed by atoms with Crippen molar-refractivity contribution in [1.82, 2.24) is 4.90 Å². The van der Waals surface area contributed by atoms with Crippen molar-refractivity contribution in [3.63, 3.8) is 0 Å². The fourth-order valence-corrected chi connectivity index (χ4v) is 6.01. The van der Waals surface area contributed by atoms with E-state index in [0.717, 1.165) is 24.6 Å². The standard InChI is InChI=1S/C24H30N2O2/c1-24(2)17-7-5-6-8-19(17)26-15-25-12-11-18(24)23(26)20(25)13-16-9-10-21(27-3)22(14-16)28-4/h5-10,14,18,20,23H,11-13,15H2,1-4H3/t18-,20-,23-/m0/s1. The smallest absolute Gasteiger partial charge is 0.160 e. The van der Waals surface area contributed by atoms with Gasteiger partial charge in [0.2, 0.25) is 0 Å². The van der Waals surface area contributed by atoms with Crippen LogP contribution in [0, 0.1) is 5.92 Å². The van der Waals surface area contributed by atoms with E-state index < -0.39 is 0 Å². The number of methoxy groups -OCH3 is 2. The largest absolute Gasteiger partial charge is 0.493 e. The molecule has 4 nitrogen and oxygen atoms in total. The van der Waals surface area contributed by atoms with Gasteiger partial charge >= 0.3 is 0 Å². The summed E-state index contributed by atoms with van der Waals surface area (Å²) < 4.78 is 11.0. The molecule has 0 radical (unpaired) electrons. The Labute approximate surface area is 168 Å². The van der Waals surface area contributed by atoms with Crippen molar-refractivity contribution < 1.29 is 9.47 Å². The SMILES string of the molecule is COc1ccc(C[C@H]2[C@@H]3[C@@H]4CCN2CN3c2ccccc2C4(C)C)cc1OC. The van der Waals surface area contributed by atoms with Crippen LogP contribution in [-0.2, 0) is 11.8 Å². The molecule has 5 rings (SSSR count). The summed E-state index contributed by atoms with van der Waals surface area (Å²) in [5, 5.41) is 0. The number of piperidine rings is 1. The number of nitrogens with zero attached hydrogens (tertiary/aromatic N) is 2. The zero-order chi connectivity index (χ0) is 19.5. The van der Waals surface area contributed by atoms with Crippen LogP contribution in [0.5, 0.6) is 11.5 Å². The molecule has 2 aromatic carbocycles. The minimum absolute atomic E-state index is 0.212. The number of hydrogen-bond donors (Lipinski definition) is 0. The van der Waals surface area contributed by atoms with Crippen molar-refractivity contribution in [2.45, 2.75) is 44.2 Å². The van der Waals surface area contributed by atoms with Crippen LogP contribution in [0.25, 0.3) is 0 Å². The van der Waals surface area contributed by atoms with E-state index in [1.165, 1.54) is 29.8 Å². The Morgan fingerprint density at radius 2 is 1.82 bits per heavy atom. The lowest BCUT2D eigenvalue weighted by Gasteiger charge is -2.51. The van der Waals surface area contributed by atoms with Crippen LogP contribution in [0.15, 0.2) is 42.5 Å². The Balaban J connectivity index is 1.51. The maximum Gasteiger partial charge on any atom is 0.160 e. The summed E-state index contributed by atoms with van der Waals surface area (Å²) >= 11 is 0. The van der Waals surface area contributed by atoms with Gasteiger partial charge in [-0.1, -0.05) is 38.1 Å². The molecular formula is C24H30N2O2. The summed E-state index contributed by atoms with van der Waals surface area (Å²) in [4.78, 5) is 5.37. The molecule has 2 aromatic rings. The quantitative estimate of drug-likeness (QED) is 0.801. The third-order valence-corrected chi connectivity index (χ3v) is 7.42. The third-order valence-electron chi connectivity index (χ3n) is 7.42. The highest BCUT2D eigenvalue weighted by atomic mass is 16.5. The maximum atomic E-state index is 5.54. The van der Waals surface area contributed by atoms with Gasteiger partial charge in [0.15, 0.2) is 11.5 Å². The van der Waals surface area contributed by atoms with Gasteiger partial charge in [-0.2, -0.15) is 0 Å². The van der Waals surface area contributed by atoms with Crippen LogP contribution in [0.3, 0.4) is 0 Å². The summed E-state index contributed by atoms with van der Waals surface area (Å²) in [5.41, 5.74) is 4.50. The number of ether oxygens (including phenoxy) is 2. The van der Waals surface area contributed by atoms with E-state index in [-0.39, 0.29) is 5.41 Å². The normalized spacial score (nSPS) is 29.4. The molecule has 0 amide bonds. The van der Waals surface area contributed by atoms with Crippen molar-refractivity contribution in [2.75, 3.05) is 32.3 Å². The van der Waals surface area contributed by atoms with Crippen LogP contribution < -0.4 is 14.4 Å². The fourth-order valence-electron chi connectivity index (χ4n) is 6.01. The molecule has 3 aliphatic rings. The molecule has 2 saturated heterocycles. The lowest BCUT2D eigenvalue weighted by molar-refractivity contribution is 0.115. The highest BCUT2D eigenvalue weighted by molar-refractivity contribution is 5.62. The molecule has 0 saturated carbocycles. The van der Waals surface area contributed by atoms with Gasteiger partial charge in [-0.15, -0.1) is 0 Å². The van der Waals surface area contributed by atoms with Gasteiger partial charge in [-0.05, 0) is 53.5 Å². The van der Waals surface area contributed by atoms with Gasteiger partial charge in [0.05, 0.1) is 20.9 Å². The third kappa shape index (κ3) is 2.47. The minimum atomic E-state index is 0.212. The van der Waals surface area contributed by atoms with Crippen LogP contribution in [0.2, 0.25) is 0 Å². The van der Waals surface area contributed by atoms with E-state index in [0.29, 0.717) is 18.0 Å². The van der Waals surface area contributed by atoms with E-state index >= 15 is 0 Å². The van der Waals surface area contributed by atoms with Gasteiger partial charge in [0, 0.05) is 24.3 Å². The molecular weight excluding hydrogens is 348 g/mol. The molecule has 28 heavy (non-hydrogen) atoms. The first-order valence-corrected chi connectivity index (χ1v) is 10.4. The summed E-state index contributed by atoms with van der Waals surface area (Å²) in [7, 11) is 3.41. The van der Waals surface area contributed by atoms with Gasteiger partial charge in [0.25, 0.3) is 0 Å². The topological polar surface area (TPSA) is 24.9 Å². The predicted molar refractivity (Wildman–Crippen MR) is 112 cm³/mol. The molecule has 4 atom stereocenters. The van der Waals surface area contributed by atoms with E-state index in [2.05, 4.69) is 60.0 Å². The highest BCUT2D eigenvalue weighted by Gasteiger charge is 2.55. The summed E-state index contributed by atoms with van der Waals surface area (Å²) in [5.74, 6) is 2.31. The average Bonchev–Trinajstić information content (AvgIpc) is 2.95. The average molecular weight is 379 g/mol. The second-order valence-electron chi connectivity index (χ2n) is 9.01. The number of benzene rings is 2. The molecule has 3 heterocycles. The fraction of sp³-hybridized carbons (Fsp3) is 0.500. The van der Waals surface area contributed by atoms with Crippen molar-refractivity contribution in [3.8, 4) is 11.5 Å². The lowest BCUT2D eigenvalue weighted by atomic mass is 9.63. The van der Waals surface area contributed by atoms with Crippen molar-refractivity contribution in [3.05, 3.63) is 53.6 Å². The van der Waals surface area contributed by atoms with Gasteiger partial charge in [0.1, 0.15) is 0 Å². The highest BCUT2D eigenvalue weighted by Crippen LogP contribution is 2.53. The van der Waals surface area contributed by atoms with Crippen LogP contribution >= 0.6 is 0 Å². The van der Waals surface area contributed by atoms with E-state index in [4.69, 9.17) is 9.47 Å². The Morgan fingerprint density at radius 3 is 2.61 bits per heavy atom. The van der Waals surface area contributed by atoms with Gasteiger partial charge in [-0.3, -0.25) is 4.90 Å². The second kappa shape index (κ2) is 6.41. The molecule has 2 bridgehead atoms. The zero-order valence-electron chi connectivity index (χ0n) is 17.3. The molecule has 148 valence electrons. The first-order valence-electron chi connectivity index (χ1n) is 10.4. The van der Waals surface area contributed by atoms with E-state index in [1.54, 1.807) is 14.2 Å². The molecule has 3 aliphatic heterocycles. The van der Waals surface area contributed by atoms with Crippen LogP contribution in [0.1, 0.15) is 31.4 Å². The first-order chi connectivity index (χ1) is 13.5. The molecule has 1 unspecified atom stereocenters. The predicted octanol–water partition coefficient (Wildman–Crippen LogP) is 4.07. The number of para-hydroxylation sites is 1. The first kappa shape index (κ1) is 17.9. The van der Waals surface area contributed by atoms with Crippen molar-refractivity contribution in [2.24, 2.45) is 5.92 Å². The van der Waals surface area contributed by atoms with Gasteiger partial charge < -0.3 is 14.4 Å². The molecule has 0 spiro atoms. The number of rotatable bonds is 4. The van der Waals surface area contributed by atoms with Crippen LogP contribution in [-0.4, -0.2) is 44.4 Å². The monoisotopic (exact) mass is 378 g/mol. The maximum absolute atomic E-state index is 5.54. The molecule has 2 fully saturated rings. The van der Waals surface area contributed by atoms with Gasteiger partial charge in [-0.25, -0.2) is 0 Å². The number of anilines is 1. The summed E-state index contributed by atoms with van der Waals surface area (Å²) in [6.07, 6.45) is 2.33. The molecule has 0 N–H and O–H groups in total. The van der Waals surface area contributed by atoms with E-state index in [1.807, 2.05) is 6.07 Å². The molecule has 0 aromatic heterocycles. The Bertz CT molecular complexity index is 894. The number of fused-ring (bicyclic) bond motifs is 3. The Hall–Kier alpha value is -2.20. The second-order valence-corrected chi connectivity index (χ2v) is 9.01. The Morgan fingerprint density at radius 1 is 1.04 bits per heavy atom. The van der Waals surface area contributed by atoms with Crippen LogP contribution in [0.4, 0.5) is 5.69 Å². The summed E-state index contributed by atoms with van der Waals surface area (Å²) in [6, 6.07) is 16.6. The summed E-state index contributed by atoms with van der Waals surface area (Å²) in [6.45, 7) is 7.14.